The van der Waals surface area contributed by atoms with E-state index in [2.05, 4.69) is 0 Å². The highest BCUT2D eigenvalue weighted by Crippen LogP contribution is 2.28. The first-order chi connectivity index (χ1) is 12.1. The number of rotatable bonds is 7. The highest BCUT2D eigenvalue weighted by atomic mass is 35.5. The Bertz CT molecular complexity index is 731. The van der Waals surface area contributed by atoms with Gasteiger partial charge in [0.25, 0.3) is 0 Å². The Balaban J connectivity index is 2.34. The van der Waals surface area contributed by atoms with Gasteiger partial charge in [-0.25, -0.2) is 4.79 Å². The number of hydrogen-bond acceptors (Lipinski definition) is 5. The van der Waals surface area contributed by atoms with E-state index in [0.29, 0.717) is 27.8 Å². The second kappa shape index (κ2) is 8.99. The summed E-state index contributed by atoms with van der Waals surface area (Å²) in [5.74, 6) is 1.13. The molecular formula is C19H19ClO5. The molecule has 0 unspecified atom stereocenters. The van der Waals surface area contributed by atoms with Gasteiger partial charge in [0.05, 0.1) is 20.8 Å². The van der Waals surface area contributed by atoms with Crippen molar-refractivity contribution in [1.29, 1.82) is 0 Å². The van der Waals surface area contributed by atoms with E-state index in [1.807, 2.05) is 0 Å². The fourth-order valence-electron chi connectivity index (χ4n) is 2.05. The Morgan fingerprint density at radius 3 is 2.08 bits per heavy atom. The number of methoxy groups -OCH3 is 2. The van der Waals surface area contributed by atoms with Gasteiger partial charge in [-0.2, -0.15) is 0 Å². The topological polar surface area (TPSA) is 54.0 Å². The zero-order valence-corrected chi connectivity index (χ0v) is 15.0. The van der Waals surface area contributed by atoms with Gasteiger partial charge in [0.2, 0.25) is 0 Å². The van der Waals surface area contributed by atoms with Gasteiger partial charge in [-0.3, -0.25) is 0 Å². The average molecular weight is 363 g/mol. The average Bonchev–Trinajstić information content (AvgIpc) is 2.63. The first kappa shape index (κ1) is 18.7. The Labute approximate surface area is 151 Å². The lowest BCUT2D eigenvalue weighted by atomic mass is 10.1. The summed E-state index contributed by atoms with van der Waals surface area (Å²) in [6.45, 7) is 2.00. The maximum atomic E-state index is 12.2. The molecular weight excluding hydrogens is 344 g/mol. The molecule has 0 radical (unpaired) electrons. The smallest absolute Gasteiger partial charge is 0.341 e. The maximum Gasteiger partial charge on any atom is 0.341 e. The predicted octanol–water partition coefficient (Wildman–Crippen LogP) is 4.34. The molecule has 25 heavy (non-hydrogen) atoms. The number of carbonyl (C=O) groups excluding carboxylic acids is 1. The second-order valence-corrected chi connectivity index (χ2v) is 5.36. The Morgan fingerprint density at radius 1 is 1.00 bits per heavy atom. The van der Waals surface area contributed by atoms with Crippen molar-refractivity contribution in [2.45, 2.75) is 6.92 Å². The summed E-state index contributed by atoms with van der Waals surface area (Å²) < 4.78 is 21.1. The Morgan fingerprint density at radius 2 is 1.56 bits per heavy atom. The fourth-order valence-corrected chi connectivity index (χ4v) is 2.17. The predicted molar refractivity (Wildman–Crippen MR) is 96.2 cm³/mol. The van der Waals surface area contributed by atoms with Gasteiger partial charge >= 0.3 is 5.97 Å². The molecule has 5 nitrogen and oxygen atoms in total. The van der Waals surface area contributed by atoms with E-state index in [1.165, 1.54) is 6.26 Å². The molecule has 0 aliphatic heterocycles. The molecule has 0 amide bonds. The quantitative estimate of drug-likeness (QED) is 0.416. The molecule has 132 valence electrons. The third kappa shape index (κ3) is 5.16. The van der Waals surface area contributed by atoms with Gasteiger partial charge in [-0.05, 0) is 24.6 Å². The summed E-state index contributed by atoms with van der Waals surface area (Å²) in [4.78, 5) is 12.2. The summed E-state index contributed by atoms with van der Waals surface area (Å²) >= 11 is 5.90. The van der Waals surface area contributed by atoms with Crippen LogP contribution in [0.15, 0.2) is 48.7 Å². The molecule has 2 rings (SSSR count). The van der Waals surface area contributed by atoms with Crippen LogP contribution in [0.5, 0.6) is 17.2 Å². The second-order valence-electron chi connectivity index (χ2n) is 4.93. The molecule has 0 aliphatic carbocycles. The molecule has 0 aliphatic rings. The molecule has 0 atom stereocenters. The van der Waals surface area contributed by atoms with E-state index in [-0.39, 0.29) is 12.2 Å². The van der Waals surface area contributed by atoms with Crippen molar-refractivity contribution in [3.8, 4) is 17.2 Å². The van der Waals surface area contributed by atoms with Crippen LogP contribution in [0.25, 0.3) is 5.57 Å². The SMILES string of the molecule is CCOC(=O)C(=COc1cc(OC)cc(OC)c1)c1ccc(Cl)cc1. The molecule has 0 spiro atoms. The van der Waals surface area contributed by atoms with Crippen LogP contribution in [0.3, 0.4) is 0 Å². The third-order valence-corrected chi connectivity index (χ3v) is 3.54. The third-order valence-electron chi connectivity index (χ3n) is 3.29. The van der Waals surface area contributed by atoms with Crippen LogP contribution < -0.4 is 14.2 Å². The van der Waals surface area contributed by atoms with Crippen LogP contribution in [0.2, 0.25) is 5.02 Å². The molecule has 0 bridgehead atoms. The lowest BCUT2D eigenvalue weighted by Gasteiger charge is -2.10. The molecule has 2 aromatic rings. The zero-order chi connectivity index (χ0) is 18.2. The van der Waals surface area contributed by atoms with Gasteiger partial charge in [-0.15, -0.1) is 0 Å². The van der Waals surface area contributed by atoms with Crippen LogP contribution >= 0.6 is 11.6 Å². The van der Waals surface area contributed by atoms with Crippen molar-refractivity contribution in [2.75, 3.05) is 20.8 Å². The van der Waals surface area contributed by atoms with Crippen LogP contribution in [0, 0.1) is 0 Å². The van der Waals surface area contributed by atoms with E-state index >= 15 is 0 Å². The number of ether oxygens (including phenoxy) is 4. The minimum Gasteiger partial charge on any atom is -0.496 e. The fraction of sp³-hybridized carbons (Fsp3) is 0.211. The van der Waals surface area contributed by atoms with Crippen molar-refractivity contribution in [2.24, 2.45) is 0 Å². The highest BCUT2D eigenvalue weighted by Gasteiger charge is 2.14. The molecule has 0 fully saturated rings. The van der Waals surface area contributed by atoms with E-state index in [0.717, 1.165) is 0 Å². The maximum absolute atomic E-state index is 12.2. The zero-order valence-electron chi connectivity index (χ0n) is 14.2. The van der Waals surface area contributed by atoms with Crippen LogP contribution in [-0.4, -0.2) is 26.8 Å². The minimum absolute atomic E-state index is 0.261. The van der Waals surface area contributed by atoms with Crippen molar-refractivity contribution in [3.05, 3.63) is 59.3 Å². The van der Waals surface area contributed by atoms with Gasteiger partial charge in [0.1, 0.15) is 29.1 Å². The van der Waals surface area contributed by atoms with E-state index in [4.69, 9.17) is 30.5 Å². The van der Waals surface area contributed by atoms with Crippen LogP contribution in [0.4, 0.5) is 0 Å². The summed E-state index contributed by atoms with van der Waals surface area (Å²) in [5, 5.41) is 0.574. The summed E-state index contributed by atoms with van der Waals surface area (Å²) in [6, 6.07) is 11.9. The Kier molecular flexibility index (Phi) is 6.71. The van der Waals surface area contributed by atoms with E-state index in [9.17, 15) is 4.79 Å². The molecule has 6 heteroatoms. The number of benzene rings is 2. The summed E-state index contributed by atoms with van der Waals surface area (Å²) in [7, 11) is 3.10. The monoisotopic (exact) mass is 362 g/mol. The highest BCUT2D eigenvalue weighted by molar-refractivity contribution is 6.30. The van der Waals surface area contributed by atoms with Gasteiger partial charge in [-0.1, -0.05) is 23.7 Å². The van der Waals surface area contributed by atoms with Crippen molar-refractivity contribution >= 4 is 23.1 Å². The standard InChI is InChI=1S/C19H19ClO5/c1-4-24-19(21)18(13-5-7-14(20)8-6-13)12-25-17-10-15(22-2)9-16(11-17)23-3/h5-12H,4H2,1-3H3. The number of esters is 1. The van der Waals surface area contributed by atoms with Crippen LogP contribution in [0.1, 0.15) is 12.5 Å². The Hall–Kier alpha value is -2.66. The first-order valence-corrected chi connectivity index (χ1v) is 7.98. The molecule has 0 N–H and O–H groups in total. The van der Waals surface area contributed by atoms with Crippen molar-refractivity contribution < 1.29 is 23.7 Å². The minimum atomic E-state index is -0.486. The largest absolute Gasteiger partial charge is 0.496 e. The van der Waals surface area contributed by atoms with E-state index < -0.39 is 5.97 Å². The molecule has 0 heterocycles. The number of hydrogen-bond donors (Lipinski definition) is 0. The van der Waals surface area contributed by atoms with Crippen LogP contribution in [-0.2, 0) is 9.53 Å². The van der Waals surface area contributed by atoms with Crippen molar-refractivity contribution in [1.82, 2.24) is 0 Å². The summed E-state index contributed by atoms with van der Waals surface area (Å²) in [6.07, 6.45) is 1.34. The lowest BCUT2D eigenvalue weighted by Crippen LogP contribution is -2.08. The van der Waals surface area contributed by atoms with Crippen molar-refractivity contribution in [3.63, 3.8) is 0 Å². The molecule has 0 aromatic heterocycles. The number of carbonyl (C=O) groups is 1. The lowest BCUT2D eigenvalue weighted by molar-refractivity contribution is -0.136. The molecule has 0 saturated heterocycles. The normalized spacial score (nSPS) is 11.0. The first-order valence-electron chi connectivity index (χ1n) is 7.60. The van der Waals surface area contributed by atoms with E-state index in [1.54, 1.807) is 63.6 Å². The van der Waals surface area contributed by atoms with Gasteiger partial charge < -0.3 is 18.9 Å². The van der Waals surface area contributed by atoms with Gasteiger partial charge in [0.15, 0.2) is 0 Å². The number of halogens is 1. The summed E-state index contributed by atoms with van der Waals surface area (Å²) in [5.41, 5.74) is 0.915. The molecule has 2 aromatic carbocycles. The van der Waals surface area contributed by atoms with Gasteiger partial charge in [0, 0.05) is 23.2 Å². The molecule has 0 saturated carbocycles.